The maximum absolute atomic E-state index is 14.6. The predicted octanol–water partition coefficient (Wildman–Crippen LogP) is 5.09. The van der Waals surface area contributed by atoms with E-state index >= 15 is 0 Å². The SMILES string of the molecule is CCCCCCN(C(=O)[C@@H](NC(=O)C1CCCCN1CCN)[C@@H](C)CC)[C@H](C[C@@H](OCC)c1nc(C(=O)O)cs1)C(C)C. The first-order valence-electron chi connectivity index (χ1n) is 16.4. The van der Waals surface area contributed by atoms with Gasteiger partial charge in [0, 0.05) is 44.1 Å². The Hall–Kier alpha value is -2.08. The number of rotatable bonds is 20. The Labute approximate surface area is 263 Å². The molecule has 0 bridgehead atoms. The normalized spacial score (nSPS) is 18.7. The lowest BCUT2D eigenvalue weighted by Crippen LogP contribution is -2.59. The van der Waals surface area contributed by atoms with Gasteiger partial charge in [-0.05, 0) is 44.6 Å². The molecular weight excluding hydrogens is 566 g/mol. The average Bonchev–Trinajstić information content (AvgIpc) is 3.49. The molecule has 1 aromatic heterocycles. The minimum atomic E-state index is -1.07. The fourth-order valence-electron chi connectivity index (χ4n) is 5.93. The van der Waals surface area contributed by atoms with Crippen LogP contribution in [0.4, 0.5) is 0 Å². The summed E-state index contributed by atoms with van der Waals surface area (Å²) in [6.07, 6.45) is 7.69. The first kappa shape index (κ1) is 37.1. The zero-order valence-corrected chi connectivity index (χ0v) is 28.2. The van der Waals surface area contributed by atoms with Gasteiger partial charge in [0.15, 0.2) is 5.69 Å². The molecule has 0 spiro atoms. The van der Waals surface area contributed by atoms with Gasteiger partial charge in [0.1, 0.15) is 17.2 Å². The van der Waals surface area contributed by atoms with Crippen molar-refractivity contribution >= 4 is 29.1 Å². The van der Waals surface area contributed by atoms with E-state index in [9.17, 15) is 19.5 Å². The van der Waals surface area contributed by atoms with E-state index in [-0.39, 0.29) is 41.4 Å². The summed E-state index contributed by atoms with van der Waals surface area (Å²) in [5.74, 6) is -1.16. The number of carboxylic acid groups (broad SMARTS) is 1. The maximum Gasteiger partial charge on any atom is 0.355 e. The Balaban J connectivity index is 2.41. The van der Waals surface area contributed by atoms with Crippen LogP contribution in [0.2, 0.25) is 0 Å². The van der Waals surface area contributed by atoms with Gasteiger partial charge in [0.2, 0.25) is 11.8 Å². The molecule has 0 saturated carbocycles. The number of nitrogens with zero attached hydrogens (tertiary/aromatic N) is 3. The summed E-state index contributed by atoms with van der Waals surface area (Å²) in [6.45, 7) is 15.4. The molecule has 1 aliphatic rings. The van der Waals surface area contributed by atoms with Gasteiger partial charge in [-0.2, -0.15) is 0 Å². The second-order valence-electron chi connectivity index (χ2n) is 12.2. The average molecular weight is 624 g/mol. The Morgan fingerprint density at radius 2 is 1.93 bits per heavy atom. The third-order valence-corrected chi connectivity index (χ3v) is 9.59. The van der Waals surface area contributed by atoms with Crippen molar-refractivity contribution in [3.8, 4) is 0 Å². The molecule has 10 nitrogen and oxygen atoms in total. The minimum absolute atomic E-state index is 0.00392. The third-order valence-electron chi connectivity index (χ3n) is 8.65. The number of nitrogens with two attached hydrogens (primary N) is 1. The number of unbranched alkanes of at least 4 members (excludes halogenated alkanes) is 3. The van der Waals surface area contributed by atoms with E-state index in [1.165, 1.54) is 16.7 Å². The minimum Gasteiger partial charge on any atom is -0.476 e. The predicted molar refractivity (Wildman–Crippen MR) is 172 cm³/mol. The number of carbonyl (C=O) groups excluding carboxylic acids is 2. The van der Waals surface area contributed by atoms with Crippen LogP contribution in [-0.4, -0.2) is 88.6 Å². The fourth-order valence-corrected chi connectivity index (χ4v) is 6.79. The van der Waals surface area contributed by atoms with Crippen LogP contribution in [0.1, 0.15) is 121 Å². The van der Waals surface area contributed by atoms with Gasteiger partial charge in [-0.15, -0.1) is 11.3 Å². The molecule has 2 rings (SSSR count). The second-order valence-corrected chi connectivity index (χ2v) is 13.1. The largest absolute Gasteiger partial charge is 0.476 e. The number of hydrogen-bond acceptors (Lipinski definition) is 8. The highest BCUT2D eigenvalue weighted by Gasteiger charge is 2.38. The molecule has 1 fully saturated rings. The molecule has 1 aliphatic heterocycles. The van der Waals surface area contributed by atoms with Crippen molar-refractivity contribution in [2.45, 2.75) is 124 Å². The van der Waals surface area contributed by atoms with E-state index in [1.54, 1.807) is 0 Å². The summed E-state index contributed by atoms with van der Waals surface area (Å²) in [7, 11) is 0. The molecule has 246 valence electrons. The van der Waals surface area contributed by atoms with E-state index in [0.717, 1.165) is 57.9 Å². The van der Waals surface area contributed by atoms with E-state index in [2.05, 4.69) is 42.9 Å². The van der Waals surface area contributed by atoms with Crippen LogP contribution in [0, 0.1) is 11.8 Å². The molecule has 1 aromatic rings. The lowest BCUT2D eigenvalue weighted by molar-refractivity contribution is -0.143. The first-order valence-corrected chi connectivity index (χ1v) is 17.3. The van der Waals surface area contributed by atoms with Crippen LogP contribution in [-0.2, 0) is 14.3 Å². The quantitative estimate of drug-likeness (QED) is 0.171. The van der Waals surface area contributed by atoms with E-state index < -0.39 is 18.1 Å². The van der Waals surface area contributed by atoms with Crippen molar-refractivity contribution in [2.75, 3.05) is 32.8 Å². The Kier molecular flexibility index (Phi) is 16.7. The van der Waals surface area contributed by atoms with Gasteiger partial charge < -0.3 is 25.8 Å². The molecule has 2 heterocycles. The molecular formula is C32H57N5O5S. The number of thiazole rings is 1. The van der Waals surface area contributed by atoms with Crippen molar-refractivity contribution in [3.63, 3.8) is 0 Å². The molecule has 1 unspecified atom stereocenters. The van der Waals surface area contributed by atoms with Crippen LogP contribution < -0.4 is 11.1 Å². The summed E-state index contributed by atoms with van der Waals surface area (Å²) in [6, 6.07) is -1.10. The molecule has 11 heteroatoms. The van der Waals surface area contributed by atoms with Crippen LogP contribution in [0.5, 0.6) is 0 Å². The number of carbonyl (C=O) groups is 3. The lowest BCUT2D eigenvalue weighted by atomic mass is 9.91. The van der Waals surface area contributed by atoms with Gasteiger partial charge in [0.05, 0.1) is 6.04 Å². The number of ether oxygens (including phenoxy) is 1. The summed E-state index contributed by atoms with van der Waals surface area (Å²) >= 11 is 1.28. The number of aromatic nitrogens is 1. The van der Waals surface area contributed by atoms with Crippen molar-refractivity contribution in [1.82, 2.24) is 20.1 Å². The van der Waals surface area contributed by atoms with Crippen molar-refractivity contribution in [3.05, 3.63) is 16.1 Å². The monoisotopic (exact) mass is 623 g/mol. The maximum atomic E-state index is 14.6. The van der Waals surface area contributed by atoms with Gasteiger partial charge in [-0.25, -0.2) is 9.78 Å². The van der Waals surface area contributed by atoms with E-state index in [1.807, 2.05) is 18.7 Å². The van der Waals surface area contributed by atoms with Gasteiger partial charge in [0.25, 0.3) is 0 Å². The molecule has 43 heavy (non-hydrogen) atoms. The molecule has 1 saturated heterocycles. The Morgan fingerprint density at radius 1 is 1.19 bits per heavy atom. The van der Waals surface area contributed by atoms with E-state index in [4.69, 9.17) is 10.5 Å². The summed E-state index contributed by atoms with van der Waals surface area (Å²) in [4.78, 5) is 48.3. The van der Waals surface area contributed by atoms with Crippen LogP contribution in [0.3, 0.4) is 0 Å². The number of likely N-dealkylation sites (tertiary alicyclic amines) is 1. The highest BCUT2D eigenvalue weighted by atomic mass is 32.1. The number of hydrogen-bond donors (Lipinski definition) is 3. The zero-order valence-electron chi connectivity index (χ0n) is 27.3. The Bertz CT molecular complexity index is 987. The van der Waals surface area contributed by atoms with Crippen LogP contribution >= 0.6 is 11.3 Å². The summed E-state index contributed by atoms with van der Waals surface area (Å²) in [5, 5.41) is 14.8. The van der Waals surface area contributed by atoms with Crippen molar-refractivity contribution in [1.29, 1.82) is 0 Å². The molecule has 0 radical (unpaired) electrons. The molecule has 5 atom stereocenters. The number of aromatic carboxylic acids is 1. The molecule has 4 N–H and O–H groups in total. The Morgan fingerprint density at radius 3 is 2.51 bits per heavy atom. The van der Waals surface area contributed by atoms with Crippen molar-refractivity contribution in [2.24, 2.45) is 17.6 Å². The van der Waals surface area contributed by atoms with Crippen LogP contribution in [0.25, 0.3) is 0 Å². The topological polar surface area (TPSA) is 138 Å². The second kappa shape index (κ2) is 19.3. The number of nitrogens with one attached hydrogen (secondary N) is 1. The standard InChI is InChI=1S/C32H57N5O5S/c1-7-10-11-13-18-37(26(22(4)5)20-27(42-9-3)30-34-24(21-43-30)32(40)41)31(39)28(23(6)8-2)35-29(38)25-15-12-14-17-36(25)19-16-33/h21-23,25-28H,7-20,33H2,1-6H3,(H,35,38)(H,40,41)/t23-,25?,26+,27+,28-/m0/s1. The number of carboxylic acids is 1. The van der Waals surface area contributed by atoms with Gasteiger partial charge in [-0.3, -0.25) is 14.5 Å². The highest BCUT2D eigenvalue weighted by molar-refractivity contribution is 7.09. The molecule has 0 aromatic carbocycles. The smallest absolute Gasteiger partial charge is 0.355 e. The van der Waals surface area contributed by atoms with Gasteiger partial charge in [-0.1, -0.05) is 66.7 Å². The fraction of sp³-hybridized carbons (Fsp3) is 0.812. The molecule has 2 amide bonds. The molecule has 0 aliphatic carbocycles. The number of amides is 2. The zero-order chi connectivity index (χ0) is 31.9. The lowest BCUT2D eigenvalue weighted by Gasteiger charge is -2.40. The number of piperidine rings is 1. The summed E-state index contributed by atoms with van der Waals surface area (Å²) in [5.41, 5.74) is 5.86. The highest BCUT2D eigenvalue weighted by Crippen LogP contribution is 2.31. The van der Waals surface area contributed by atoms with Gasteiger partial charge >= 0.3 is 5.97 Å². The summed E-state index contributed by atoms with van der Waals surface area (Å²) < 4.78 is 6.11. The van der Waals surface area contributed by atoms with E-state index in [0.29, 0.717) is 37.7 Å². The van der Waals surface area contributed by atoms with Crippen molar-refractivity contribution < 1.29 is 24.2 Å². The third kappa shape index (κ3) is 11.1. The van der Waals surface area contributed by atoms with Crippen LogP contribution in [0.15, 0.2) is 5.38 Å². The first-order chi connectivity index (χ1) is 20.6.